The van der Waals surface area contributed by atoms with Gasteiger partial charge in [-0.15, -0.1) is 24.9 Å². The smallest absolute Gasteiger partial charge is 0.247 e. The number of carbonyl (C=O) groups excluding carboxylic acids is 3. The fourth-order valence-corrected chi connectivity index (χ4v) is 10.0. The number of morpholine rings is 1. The number of hydrogen-bond acceptors (Lipinski definition) is 7. The largest absolute Gasteiger partial charge is 0.394 e. The maximum atomic E-state index is 14.8. The van der Waals surface area contributed by atoms with Gasteiger partial charge in [0.25, 0.3) is 0 Å². The van der Waals surface area contributed by atoms with Gasteiger partial charge in [0.05, 0.1) is 42.4 Å². The van der Waals surface area contributed by atoms with Crippen LogP contribution in [0.25, 0.3) is 0 Å². The zero-order valence-electron chi connectivity index (χ0n) is 24.8. The first-order valence-corrected chi connectivity index (χ1v) is 15.9. The number of amides is 3. The Morgan fingerprint density at radius 2 is 1.86 bits per heavy atom. The van der Waals surface area contributed by atoms with Crippen LogP contribution in [0.3, 0.4) is 0 Å². The number of hydrogen-bond donors (Lipinski definition) is 1. The maximum Gasteiger partial charge on any atom is 0.247 e. The first-order valence-electron chi connectivity index (χ1n) is 15.0. The van der Waals surface area contributed by atoms with Gasteiger partial charge >= 0.3 is 0 Å². The molecule has 9 nitrogen and oxygen atoms in total. The second-order valence-electron chi connectivity index (χ2n) is 11.9. The number of carbonyl (C=O) groups is 3. The van der Waals surface area contributed by atoms with Crippen LogP contribution in [0.5, 0.6) is 0 Å². The molecule has 3 unspecified atom stereocenters. The van der Waals surface area contributed by atoms with Crippen molar-refractivity contribution in [2.24, 2.45) is 17.8 Å². The van der Waals surface area contributed by atoms with Crippen LogP contribution in [-0.2, 0) is 19.1 Å². The van der Waals surface area contributed by atoms with Gasteiger partial charge in [-0.3, -0.25) is 19.3 Å². The number of nitrogens with zero attached hydrogens (tertiary/aromatic N) is 4. The Labute approximate surface area is 253 Å². The van der Waals surface area contributed by atoms with Gasteiger partial charge in [0.1, 0.15) is 6.04 Å². The lowest BCUT2D eigenvalue weighted by atomic mass is 9.65. The lowest BCUT2D eigenvalue weighted by Gasteiger charge is -2.42. The van der Waals surface area contributed by atoms with Gasteiger partial charge < -0.3 is 24.5 Å². The van der Waals surface area contributed by atoms with Crippen molar-refractivity contribution in [1.29, 1.82) is 0 Å². The molecule has 0 aromatic heterocycles. The molecule has 4 fully saturated rings. The average molecular weight is 597 g/mol. The van der Waals surface area contributed by atoms with Crippen molar-refractivity contribution in [3.05, 3.63) is 61.2 Å². The molecule has 4 saturated heterocycles. The van der Waals surface area contributed by atoms with E-state index in [0.29, 0.717) is 39.4 Å². The minimum Gasteiger partial charge on any atom is -0.394 e. The molecule has 0 radical (unpaired) electrons. The van der Waals surface area contributed by atoms with Gasteiger partial charge in [-0.1, -0.05) is 49.4 Å². The normalized spacial score (nSPS) is 31.1. The van der Waals surface area contributed by atoms with Crippen LogP contribution in [0.15, 0.2) is 55.6 Å². The van der Waals surface area contributed by atoms with E-state index in [-0.39, 0.29) is 35.5 Å². The van der Waals surface area contributed by atoms with Crippen LogP contribution < -0.4 is 0 Å². The van der Waals surface area contributed by atoms with Crippen LogP contribution in [0.1, 0.15) is 24.9 Å². The summed E-state index contributed by atoms with van der Waals surface area (Å²) in [4.78, 5) is 50.7. The van der Waals surface area contributed by atoms with E-state index >= 15 is 0 Å². The SMILES string of the molecule is C=CCN(C)C(=O)[C@@H]1[C@@H]2CC(C)C3(S2)C(C(=O)N(CC=C)CCN2CCOCC2)N([C@H](CO)c2ccccc2)C(=O)[C@H]13. The Hall–Kier alpha value is -2.66. The van der Waals surface area contributed by atoms with Crippen molar-refractivity contribution in [3.8, 4) is 0 Å². The molecule has 4 heterocycles. The van der Waals surface area contributed by atoms with Gasteiger partial charge in [0.2, 0.25) is 17.7 Å². The first kappa shape index (κ1) is 30.8. The highest BCUT2D eigenvalue weighted by molar-refractivity contribution is 8.02. The Morgan fingerprint density at radius 3 is 2.50 bits per heavy atom. The summed E-state index contributed by atoms with van der Waals surface area (Å²) < 4.78 is 4.73. The zero-order chi connectivity index (χ0) is 30.0. The Balaban J connectivity index is 1.56. The summed E-state index contributed by atoms with van der Waals surface area (Å²) in [6.45, 7) is 14.4. The standard InChI is InChI=1S/C32H44N4O5S/c1-5-12-33(4)29(38)26-25-20-22(3)32(42-25)27(26)30(39)36(24(21-37)23-10-8-7-9-11-23)28(32)31(40)35(13-6-2)15-14-34-16-18-41-19-17-34/h5-11,22,24-28,37H,1-2,12-21H2,3-4H3/t22?,24-,25+,26-,27+,28?,32?/m1/s1. The highest BCUT2D eigenvalue weighted by atomic mass is 32.2. The summed E-state index contributed by atoms with van der Waals surface area (Å²) in [6.07, 6.45) is 4.17. The molecule has 10 heteroatoms. The van der Waals surface area contributed by atoms with Gasteiger partial charge in [-0.25, -0.2) is 0 Å². The van der Waals surface area contributed by atoms with Crippen molar-refractivity contribution >= 4 is 29.5 Å². The summed E-state index contributed by atoms with van der Waals surface area (Å²) in [6, 6.07) is 7.89. The minimum atomic E-state index is -0.815. The third-order valence-corrected chi connectivity index (χ3v) is 11.7. The van der Waals surface area contributed by atoms with E-state index in [9.17, 15) is 19.5 Å². The summed E-state index contributed by atoms with van der Waals surface area (Å²) in [5, 5.41) is 10.7. The van der Waals surface area contributed by atoms with Gasteiger partial charge in [-0.2, -0.15) is 0 Å². The molecule has 228 valence electrons. The van der Waals surface area contributed by atoms with Crippen molar-refractivity contribution in [2.45, 2.75) is 35.4 Å². The number of likely N-dealkylation sites (tertiary alicyclic amines) is 1. The predicted octanol–water partition coefficient (Wildman–Crippen LogP) is 2.05. The van der Waals surface area contributed by atoms with Crippen molar-refractivity contribution in [1.82, 2.24) is 19.6 Å². The molecular weight excluding hydrogens is 552 g/mol. The van der Waals surface area contributed by atoms with E-state index in [1.165, 1.54) is 0 Å². The molecule has 0 saturated carbocycles. The number of thioether (sulfide) groups is 1. The topological polar surface area (TPSA) is 93.6 Å². The lowest BCUT2D eigenvalue weighted by molar-refractivity contribution is -0.147. The number of aliphatic hydroxyl groups excluding tert-OH is 1. The molecule has 1 aromatic carbocycles. The third-order valence-electron chi connectivity index (χ3n) is 9.63. The van der Waals surface area contributed by atoms with Crippen LogP contribution in [0.4, 0.5) is 0 Å². The van der Waals surface area contributed by atoms with Gasteiger partial charge in [-0.05, 0) is 17.9 Å². The molecule has 2 bridgehead atoms. The molecule has 42 heavy (non-hydrogen) atoms. The Bertz CT molecular complexity index is 1180. The van der Waals surface area contributed by atoms with Crippen LogP contribution in [0, 0.1) is 17.8 Å². The molecule has 4 aliphatic rings. The summed E-state index contributed by atoms with van der Waals surface area (Å²) in [7, 11) is 1.74. The lowest BCUT2D eigenvalue weighted by Crippen LogP contribution is -2.58. The van der Waals surface area contributed by atoms with Crippen molar-refractivity contribution in [2.75, 3.05) is 66.1 Å². The van der Waals surface area contributed by atoms with Crippen LogP contribution in [0.2, 0.25) is 0 Å². The van der Waals surface area contributed by atoms with Crippen LogP contribution >= 0.6 is 11.8 Å². The van der Waals surface area contributed by atoms with E-state index in [0.717, 1.165) is 25.1 Å². The van der Waals surface area contributed by atoms with Crippen LogP contribution in [-0.4, -0.2) is 125 Å². The number of rotatable bonds is 12. The second-order valence-corrected chi connectivity index (χ2v) is 13.5. The highest BCUT2D eigenvalue weighted by Gasteiger charge is 2.77. The highest BCUT2D eigenvalue weighted by Crippen LogP contribution is 2.69. The van der Waals surface area contributed by atoms with E-state index in [1.54, 1.807) is 40.8 Å². The van der Waals surface area contributed by atoms with E-state index in [1.807, 2.05) is 35.2 Å². The molecule has 1 aromatic rings. The Kier molecular flexibility index (Phi) is 9.47. The van der Waals surface area contributed by atoms with Gasteiger partial charge in [0.15, 0.2) is 0 Å². The molecule has 7 atom stereocenters. The van der Waals surface area contributed by atoms with Crippen molar-refractivity contribution in [3.63, 3.8) is 0 Å². The molecule has 5 rings (SSSR count). The summed E-state index contributed by atoms with van der Waals surface area (Å²) >= 11 is 1.66. The fourth-order valence-electron chi connectivity index (χ4n) is 7.63. The molecule has 4 aliphatic heterocycles. The second kappa shape index (κ2) is 12.9. The van der Waals surface area contributed by atoms with E-state index < -0.39 is 28.7 Å². The number of aliphatic hydroxyl groups is 1. The number of likely N-dealkylation sites (N-methyl/N-ethyl adjacent to an activating group) is 1. The predicted molar refractivity (Wildman–Crippen MR) is 164 cm³/mol. The summed E-state index contributed by atoms with van der Waals surface area (Å²) in [5.41, 5.74) is 0.768. The molecule has 1 N–H and O–H groups in total. The molecular formula is C32H44N4O5S. The number of ether oxygens (including phenoxy) is 1. The maximum absolute atomic E-state index is 14.8. The quantitative estimate of drug-likeness (QED) is 0.369. The first-order chi connectivity index (χ1) is 20.3. The average Bonchev–Trinajstić information content (AvgIpc) is 3.60. The third kappa shape index (κ3) is 5.20. The number of fused-ring (bicyclic) bond motifs is 1. The van der Waals surface area contributed by atoms with E-state index in [4.69, 9.17) is 4.74 Å². The number of benzene rings is 1. The minimum absolute atomic E-state index is 0.0362. The molecule has 1 spiro atoms. The fraction of sp³-hybridized carbons (Fsp3) is 0.594. The molecule has 0 aliphatic carbocycles. The monoisotopic (exact) mass is 596 g/mol. The van der Waals surface area contributed by atoms with E-state index in [2.05, 4.69) is 25.0 Å². The van der Waals surface area contributed by atoms with Gasteiger partial charge in [0, 0.05) is 51.6 Å². The van der Waals surface area contributed by atoms with Crippen molar-refractivity contribution < 1.29 is 24.2 Å². The summed E-state index contributed by atoms with van der Waals surface area (Å²) in [5.74, 6) is -1.57. The Morgan fingerprint density at radius 1 is 1.17 bits per heavy atom. The zero-order valence-corrected chi connectivity index (χ0v) is 25.6. The molecule has 3 amide bonds.